The standard InChI is InChI=1S/C11H10N2O4/c1-5-3-7(12-6(2)14)4-8-9(5)10(11(15)16)13-17-8/h3-4H,1-2H3,(H,12,14)(H,15,16). The number of hydrogen-bond donors (Lipinski definition) is 2. The first-order valence-electron chi connectivity index (χ1n) is 4.90. The number of nitrogens with one attached hydrogen (secondary N) is 1. The second-order valence-electron chi connectivity index (χ2n) is 3.68. The lowest BCUT2D eigenvalue weighted by molar-refractivity contribution is -0.114. The predicted octanol–water partition coefficient (Wildman–Crippen LogP) is 1.79. The van der Waals surface area contributed by atoms with Crippen LogP contribution in [0.4, 0.5) is 5.69 Å². The molecule has 1 amide bonds. The molecule has 6 nitrogen and oxygen atoms in total. The van der Waals surface area contributed by atoms with Gasteiger partial charge in [-0.15, -0.1) is 0 Å². The van der Waals surface area contributed by atoms with Gasteiger partial charge in [-0.3, -0.25) is 4.79 Å². The fourth-order valence-electron chi connectivity index (χ4n) is 1.69. The molecular weight excluding hydrogens is 224 g/mol. The summed E-state index contributed by atoms with van der Waals surface area (Å²) in [5.41, 5.74) is 1.46. The molecule has 1 aromatic carbocycles. The fourth-order valence-corrected chi connectivity index (χ4v) is 1.69. The molecule has 2 rings (SSSR count). The summed E-state index contributed by atoms with van der Waals surface area (Å²) >= 11 is 0. The van der Waals surface area contributed by atoms with E-state index in [1.165, 1.54) is 6.92 Å². The van der Waals surface area contributed by atoms with E-state index < -0.39 is 5.97 Å². The highest BCUT2D eigenvalue weighted by Gasteiger charge is 2.17. The molecule has 1 aromatic heterocycles. The maximum Gasteiger partial charge on any atom is 0.358 e. The van der Waals surface area contributed by atoms with Gasteiger partial charge in [-0.2, -0.15) is 0 Å². The van der Waals surface area contributed by atoms with Crippen molar-refractivity contribution >= 4 is 28.5 Å². The third kappa shape index (κ3) is 1.96. The van der Waals surface area contributed by atoms with Crippen LogP contribution in [0.2, 0.25) is 0 Å². The molecule has 2 N–H and O–H groups in total. The van der Waals surface area contributed by atoms with Crippen LogP contribution in [0, 0.1) is 6.92 Å². The van der Waals surface area contributed by atoms with Gasteiger partial charge in [0.2, 0.25) is 5.91 Å². The topological polar surface area (TPSA) is 92.4 Å². The van der Waals surface area contributed by atoms with Crippen LogP contribution < -0.4 is 5.32 Å². The van der Waals surface area contributed by atoms with Crippen LogP contribution in [-0.2, 0) is 4.79 Å². The van der Waals surface area contributed by atoms with Crippen LogP contribution in [0.1, 0.15) is 23.0 Å². The number of carbonyl (C=O) groups is 2. The van der Waals surface area contributed by atoms with E-state index in [4.69, 9.17) is 9.63 Å². The highest BCUT2D eigenvalue weighted by molar-refractivity contribution is 6.03. The lowest BCUT2D eigenvalue weighted by atomic mass is 10.1. The number of carboxylic acid groups (broad SMARTS) is 1. The SMILES string of the molecule is CC(=O)Nc1cc(C)c2c(C(=O)O)noc2c1. The number of hydrogen-bond acceptors (Lipinski definition) is 4. The Labute approximate surface area is 96.2 Å². The average molecular weight is 234 g/mol. The van der Waals surface area contributed by atoms with Crippen molar-refractivity contribution in [3.63, 3.8) is 0 Å². The van der Waals surface area contributed by atoms with Crippen molar-refractivity contribution in [2.24, 2.45) is 0 Å². The molecular formula is C11H10N2O4. The van der Waals surface area contributed by atoms with E-state index in [1.807, 2.05) is 0 Å². The van der Waals surface area contributed by atoms with E-state index in [9.17, 15) is 9.59 Å². The summed E-state index contributed by atoms with van der Waals surface area (Å²) in [5, 5.41) is 15.5. The Bertz CT molecular complexity index is 615. The monoisotopic (exact) mass is 234 g/mol. The van der Waals surface area contributed by atoms with Crippen LogP contribution in [0.3, 0.4) is 0 Å². The van der Waals surface area contributed by atoms with Crippen LogP contribution in [0.25, 0.3) is 11.0 Å². The summed E-state index contributed by atoms with van der Waals surface area (Å²) in [4.78, 5) is 21.8. The summed E-state index contributed by atoms with van der Waals surface area (Å²) in [7, 11) is 0. The lowest BCUT2D eigenvalue weighted by Crippen LogP contribution is -2.05. The zero-order valence-electron chi connectivity index (χ0n) is 9.27. The van der Waals surface area contributed by atoms with E-state index in [1.54, 1.807) is 19.1 Å². The zero-order chi connectivity index (χ0) is 12.6. The molecule has 17 heavy (non-hydrogen) atoms. The smallest absolute Gasteiger partial charge is 0.358 e. The van der Waals surface area contributed by atoms with Gasteiger partial charge >= 0.3 is 5.97 Å². The van der Waals surface area contributed by atoms with Gasteiger partial charge in [0.15, 0.2) is 11.3 Å². The molecule has 0 aliphatic carbocycles. The molecule has 0 aliphatic heterocycles. The number of benzene rings is 1. The van der Waals surface area contributed by atoms with Crippen molar-refractivity contribution < 1.29 is 19.2 Å². The summed E-state index contributed by atoms with van der Waals surface area (Å²) in [6.45, 7) is 3.12. The summed E-state index contributed by atoms with van der Waals surface area (Å²) in [5.74, 6) is -1.35. The van der Waals surface area contributed by atoms with E-state index in [2.05, 4.69) is 10.5 Å². The van der Waals surface area contributed by atoms with E-state index in [0.29, 0.717) is 22.2 Å². The highest BCUT2D eigenvalue weighted by atomic mass is 16.5. The van der Waals surface area contributed by atoms with Crippen LogP contribution in [0.15, 0.2) is 16.7 Å². The first-order valence-corrected chi connectivity index (χ1v) is 4.90. The molecule has 88 valence electrons. The Morgan fingerprint density at radius 3 is 2.71 bits per heavy atom. The molecule has 0 aliphatic rings. The van der Waals surface area contributed by atoms with Crippen molar-refractivity contribution in [1.29, 1.82) is 0 Å². The largest absolute Gasteiger partial charge is 0.476 e. The number of carboxylic acids is 1. The molecule has 0 spiro atoms. The fraction of sp³-hybridized carbons (Fsp3) is 0.182. The van der Waals surface area contributed by atoms with Crippen molar-refractivity contribution in [1.82, 2.24) is 5.16 Å². The zero-order valence-corrected chi connectivity index (χ0v) is 9.27. The molecule has 2 aromatic rings. The number of aromatic carboxylic acids is 1. The highest BCUT2D eigenvalue weighted by Crippen LogP contribution is 2.26. The van der Waals surface area contributed by atoms with Gasteiger partial charge in [0, 0.05) is 18.7 Å². The summed E-state index contributed by atoms with van der Waals surface area (Å²) in [6.07, 6.45) is 0. The molecule has 0 saturated carbocycles. The maximum absolute atomic E-state index is 10.9. The van der Waals surface area contributed by atoms with Gasteiger partial charge in [-0.1, -0.05) is 5.16 Å². The van der Waals surface area contributed by atoms with Gasteiger partial charge in [-0.05, 0) is 18.6 Å². The third-order valence-electron chi connectivity index (χ3n) is 2.29. The normalized spacial score (nSPS) is 10.5. The van der Waals surface area contributed by atoms with E-state index in [-0.39, 0.29) is 11.6 Å². The minimum Gasteiger partial charge on any atom is -0.476 e. The third-order valence-corrected chi connectivity index (χ3v) is 2.29. The van der Waals surface area contributed by atoms with Crippen LogP contribution in [0.5, 0.6) is 0 Å². The van der Waals surface area contributed by atoms with Gasteiger partial charge in [0.05, 0.1) is 5.39 Å². The number of rotatable bonds is 2. The van der Waals surface area contributed by atoms with Crippen molar-refractivity contribution in [2.45, 2.75) is 13.8 Å². The predicted molar refractivity (Wildman–Crippen MR) is 60.0 cm³/mol. The maximum atomic E-state index is 10.9. The van der Waals surface area contributed by atoms with Crippen molar-refractivity contribution in [3.8, 4) is 0 Å². The molecule has 0 radical (unpaired) electrons. The van der Waals surface area contributed by atoms with E-state index >= 15 is 0 Å². The Hall–Kier alpha value is -2.37. The van der Waals surface area contributed by atoms with Gasteiger partial charge in [0.25, 0.3) is 0 Å². The second-order valence-corrected chi connectivity index (χ2v) is 3.68. The van der Waals surface area contributed by atoms with Crippen LogP contribution in [-0.4, -0.2) is 22.1 Å². The van der Waals surface area contributed by atoms with Crippen LogP contribution >= 0.6 is 0 Å². The van der Waals surface area contributed by atoms with Gasteiger partial charge < -0.3 is 14.9 Å². The molecule has 0 unspecified atom stereocenters. The number of fused-ring (bicyclic) bond motifs is 1. The van der Waals surface area contributed by atoms with E-state index in [0.717, 1.165) is 0 Å². The summed E-state index contributed by atoms with van der Waals surface area (Å²) < 4.78 is 4.93. The Kier molecular flexibility index (Phi) is 2.55. The number of nitrogens with zero attached hydrogens (tertiary/aromatic N) is 1. The molecule has 0 bridgehead atoms. The van der Waals surface area contributed by atoms with Gasteiger partial charge in [-0.25, -0.2) is 4.79 Å². The average Bonchev–Trinajstić information content (AvgIpc) is 2.60. The summed E-state index contributed by atoms with van der Waals surface area (Å²) in [6, 6.07) is 3.22. The number of amides is 1. The minimum atomic E-state index is -1.14. The first kappa shape index (κ1) is 11.1. The Morgan fingerprint density at radius 1 is 1.41 bits per heavy atom. The first-order chi connectivity index (χ1) is 7.99. The minimum absolute atomic E-state index is 0.119. The molecule has 0 saturated heterocycles. The lowest BCUT2D eigenvalue weighted by Gasteiger charge is -2.03. The Morgan fingerprint density at radius 2 is 2.12 bits per heavy atom. The van der Waals surface area contributed by atoms with Crippen molar-refractivity contribution in [2.75, 3.05) is 5.32 Å². The molecule has 6 heteroatoms. The van der Waals surface area contributed by atoms with Crippen molar-refractivity contribution in [3.05, 3.63) is 23.4 Å². The number of anilines is 1. The molecule has 1 heterocycles. The number of carbonyl (C=O) groups excluding carboxylic acids is 1. The Balaban J connectivity index is 2.61. The number of aromatic nitrogens is 1. The van der Waals surface area contributed by atoms with Gasteiger partial charge in [0.1, 0.15) is 0 Å². The molecule has 0 fully saturated rings. The molecule has 0 atom stereocenters. The second kappa shape index (κ2) is 3.89. The number of aryl methyl sites for hydroxylation is 1. The quantitative estimate of drug-likeness (QED) is 0.826.